The fourth-order valence-electron chi connectivity index (χ4n) is 0.911. The van der Waals surface area contributed by atoms with Gasteiger partial charge in [-0.3, -0.25) is 0 Å². The summed E-state index contributed by atoms with van der Waals surface area (Å²) in [5.74, 6) is -0.242. The van der Waals surface area contributed by atoms with Crippen LogP contribution in [0.15, 0.2) is 22.4 Å². The van der Waals surface area contributed by atoms with Crippen LogP contribution in [-0.4, -0.2) is 12.6 Å². The van der Waals surface area contributed by atoms with E-state index in [9.17, 15) is 4.79 Å². The monoisotopic (exact) mass is 196 g/mol. The van der Waals surface area contributed by atoms with Gasteiger partial charge < -0.3 is 4.74 Å². The molecular weight excluding hydrogens is 184 g/mol. The van der Waals surface area contributed by atoms with E-state index in [0.29, 0.717) is 12.2 Å². The Labute approximate surface area is 81.8 Å². The summed E-state index contributed by atoms with van der Waals surface area (Å²) < 4.78 is 4.85. The molecule has 3 heteroatoms. The van der Waals surface area contributed by atoms with Crippen LogP contribution in [0.4, 0.5) is 0 Å². The summed E-state index contributed by atoms with van der Waals surface area (Å²) in [6.07, 6.45) is 1.83. The summed E-state index contributed by atoms with van der Waals surface area (Å²) in [4.78, 5) is 11.2. The standard InChI is InChI=1S/C10H12O2S/c1-3-12-10(11)8(2)6-9-4-5-13-7-9/h4-7H,3H2,1-2H3. The van der Waals surface area contributed by atoms with Crippen molar-refractivity contribution in [1.29, 1.82) is 0 Å². The van der Waals surface area contributed by atoms with Crippen molar-refractivity contribution in [3.05, 3.63) is 28.0 Å². The molecule has 0 fully saturated rings. The summed E-state index contributed by atoms with van der Waals surface area (Å²) in [7, 11) is 0. The first-order valence-electron chi connectivity index (χ1n) is 4.11. The van der Waals surface area contributed by atoms with Crippen LogP contribution in [0.3, 0.4) is 0 Å². The number of carbonyl (C=O) groups excluding carboxylic acids is 1. The number of thiophene rings is 1. The predicted octanol–water partition coefficient (Wildman–Crippen LogP) is 2.71. The molecule has 0 saturated carbocycles. The maximum Gasteiger partial charge on any atom is 0.333 e. The van der Waals surface area contributed by atoms with Gasteiger partial charge in [0.2, 0.25) is 0 Å². The molecule has 1 heterocycles. The molecule has 1 aromatic heterocycles. The summed E-state index contributed by atoms with van der Waals surface area (Å²) >= 11 is 1.61. The molecule has 0 spiro atoms. The lowest BCUT2D eigenvalue weighted by molar-refractivity contribution is -0.138. The molecule has 13 heavy (non-hydrogen) atoms. The van der Waals surface area contributed by atoms with Crippen molar-refractivity contribution >= 4 is 23.4 Å². The summed E-state index contributed by atoms with van der Waals surface area (Å²) in [5.41, 5.74) is 1.69. The number of hydrogen-bond donors (Lipinski definition) is 0. The smallest absolute Gasteiger partial charge is 0.333 e. The lowest BCUT2D eigenvalue weighted by atomic mass is 10.2. The topological polar surface area (TPSA) is 26.3 Å². The zero-order chi connectivity index (χ0) is 9.68. The zero-order valence-electron chi connectivity index (χ0n) is 7.74. The van der Waals surface area contributed by atoms with Crippen LogP contribution < -0.4 is 0 Å². The summed E-state index contributed by atoms with van der Waals surface area (Å²) in [5, 5.41) is 3.97. The van der Waals surface area contributed by atoms with Crippen molar-refractivity contribution in [2.75, 3.05) is 6.61 Å². The molecule has 1 rings (SSSR count). The average molecular weight is 196 g/mol. The van der Waals surface area contributed by atoms with Gasteiger partial charge in [-0.2, -0.15) is 11.3 Å². The van der Waals surface area contributed by atoms with Crippen molar-refractivity contribution < 1.29 is 9.53 Å². The molecule has 0 saturated heterocycles. The van der Waals surface area contributed by atoms with Crippen LogP contribution in [0.1, 0.15) is 19.4 Å². The van der Waals surface area contributed by atoms with Crippen molar-refractivity contribution in [2.24, 2.45) is 0 Å². The van der Waals surface area contributed by atoms with Gasteiger partial charge in [-0.05, 0) is 42.3 Å². The van der Waals surface area contributed by atoms with E-state index in [1.807, 2.05) is 22.9 Å². The highest BCUT2D eigenvalue weighted by atomic mass is 32.1. The minimum absolute atomic E-state index is 0.242. The highest BCUT2D eigenvalue weighted by Gasteiger charge is 2.03. The Hall–Kier alpha value is -1.09. The molecule has 0 N–H and O–H groups in total. The largest absolute Gasteiger partial charge is 0.463 e. The van der Waals surface area contributed by atoms with Crippen LogP contribution in [0.2, 0.25) is 0 Å². The SMILES string of the molecule is CCOC(=O)C(C)=Cc1ccsc1. The molecule has 0 aliphatic carbocycles. The van der Waals surface area contributed by atoms with Gasteiger partial charge in [0, 0.05) is 5.57 Å². The van der Waals surface area contributed by atoms with Gasteiger partial charge >= 0.3 is 5.97 Å². The third kappa shape index (κ3) is 3.03. The first-order valence-corrected chi connectivity index (χ1v) is 5.06. The lowest BCUT2D eigenvalue weighted by Gasteiger charge is -1.99. The van der Waals surface area contributed by atoms with Gasteiger partial charge in [0.25, 0.3) is 0 Å². The third-order valence-electron chi connectivity index (χ3n) is 1.52. The minimum atomic E-state index is -0.242. The van der Waals surface area contributed by atoms with E-state index >= 15 is 0 Å². The summed E-state index contributed by atoms with van der Waals surface area (Å²) in [6.45, 7) is 3.99. The molecule has 0 amide bonds. The van der Waals surface area contributed by atoms with Gasteiger partial charge in [0.15, 0.2) is 0 Å². The van der Waals surface area contributed by atoms with Gasteiger partial charge in [0.1, 0.15) is 0 Å². The minimum Gasteiger partial charge on any atom is -0.463 e. The van der Waals surface area contributed by atoms with Gasteiger partial charge in [0.05, 0.1) is 6.61 Å². The molecule has 70 valence electrons. The predicted molar refractivity (Wildman–Crippen MR) is 54.6 cm³/mol. The molecule has 0 bridgehead atoms. The highest BCUT2D eigenvalue weighted by Crippen LogP contribution is 2.11. The number of rotatable bonds is 3. The fourth-order valence-corrected chi connectivity index (χ4v) is 1.53. The van der Waals surface area contributed by atoms with E-state index in [2.05, 4.69) is 0 Å². The Kier molecular flexibility index (Phi) is 3.71. The molecule has 0 aromatic carbocycles. The maximum absolute atomic E-state index is 11.2. The normalized spacial score (nSPS) is 11.4. The molecular formula is C10H12O2S. The molecule has 2 nitrogen and oxygen atoms in total. The van der Waals surface area contributed by atoms with Gasteiger partial charge in [-0.25, -0.2) is 4.79 Å². The second kappa shape index (κ2) is 4.82. The number of ether oxygens (including phenoxy) is 1. The van der Waals surface area contributed by atoms with E-state index in [1.54, 1.807) is 25.2 Å². The lowest BCUT2D eigenvalue weighted by Crippen LogP contribution is -2.04. The van der Waals surface area contributed by atoms with Crippen LogP contribution in [0.5, 0.6) is 0 Å². The Morgan fingerprint density at radius 2 is 2.46 bits per heavy atom. The molecule has 0 atom stereocenters. The third-order valence-corrected chi connectivity index (χ3v) is 2.23. The molecule has 0 aliphatic rings. The van der Waals surface area contributed by atoms with Crippen LogP contribution in [-0.2, 0) is 9.53 Å². The molecule has 0 radical (unpaired) electrons. The zero-order valence-corrected chi connectivity index (χ0v) is 8.56. The second-order valence-electron chi connectivity index (χ2n) is 2.60. The second-order valence-corrected chi connectivity index (χ2v) is 3.38. The number of carbonyl (C=O) groups is 1. The van der Waals surface area contributed by atoms with E-state index in [1.165, 1.54) is 0 Å². The average Bonchev–Trinajstić information content (AvgIpc) is 2.57. The Bertz CT molecular complexity index is 299. The first kappa shape index (κ1) is 9.99. The van der Waals surface area contributed by atoms with Crippen molar-refractivity contribution in [3.8, 4) is 0 Å². The highest BCUT2D eigenvalue weighted by molar-refractivity contribution is 7.08. The molecule has 0 aliphatic heterocycles. The van der Waals surface area contributed by atoms with E-state index in [4.69, 9.17) is 4.74 Å². The van der Waals surface area contributed by atoms with Crippen LogP contribution >= 0.6 is 11.3 Å². The number of esters is 1. The van der Waals surface area contributed by atoms with Gasteiger partial charge in [-0.15, -0.1) is 0 Å². The summed E-state index contributed by atoms with van der Waals surface area (Å²) in [6, 6.07) is 1.97. The Morgan fingerprint density at radius 3 is 3.00 bits per heavy atom. The van der Waals surface area contributed by atoms with Crippen molar-refractivity contribution in [1.82, 2.24) is 0 Å². The molecule has 1 aromatic rings. The van der Waals surface area contributed by atoms with Crippen LogP contribution in [0.25, 0.3) is 6.08 Å². The van der Waals surface area contributed by atoms with E-state index in [-0.39, 0.29) is 5.97 Å². The maximum atomic E-state index is 11.2. The van der Waals surface area contributed by atoms with Gasteiger partial charge in [-0.1, -0.05) is 0 Å². The molecule has 0 unspecified atom stereocenters. The van der Waals surface area contributed by atoms with Crippen LogP contribution in [0, 0.1) is 0 Å². The first-order chi connectivity index (χ1) is 6.24. The Morgan fingerprint density at radius 1 is 1.69 bits per heavy atom. The van der Waals surface area contributed by atoms with Crippen molar-refractivity contribution in [2.45, 2.75) is 13.8 Å². The Balaban J connectivity index is 2.66. The number of hydrogen-bond acceptors (Lipinski definition) is 3. The van der Waals surface area contributed by atoms with E-state index in [0.717, 1.165) is 5.56 Å². The fraction of sp³-hybridized carbons (Fsp3) is 0.300. The van der Waals surface area contributed by atoms with E-state index < -0.39 is 0 Å². The quantitative estimate of drug-likeness (QED) is 0.549. The van der Waals surface area contributed by atoms with Crippen molar-refractivity contribution in [3.63, 3.8) is 0 Å².